The van der Waals surface area contributed by atoms with Gasteiger partial charge in [0.05, 0.1) is 6.61 Å². The van der Waals surface area contributed by atoms with Crippen LogP contribution in [0.4, 0.5) is 4.79 Å². The lowest BCUT2D eigenvalue weighted by atomic mass is 10.0. The van der Waals surface area contributed by atoms with E-state index in [1.807, 2.05) is 0 Å². The summed E-state index contributed by atoms with van der Waals surface area (Å²) in [6.45, 7) is 3.38. The van der Waals surface area contributed by atoms with Gasteiger partial charge in [0, 0.05) is 31.2 Å². The number of unbranched alkanes of at least 4 members (excludes halogenated alkanes) is 1. The molecule has 2 atom stereocenters. The standard InChI is InChI=1S/C18H25N3O8S/c1-3-28-18(27)19-7-5-4-6-12(23)20-13-15(24)21-14(17(25)26)11(8-29-10(2)22)9-30-16(13)21/h13,16H,3-9H2,1-2H3,(H,19,27)(H,20,23)(H,25,26)/t13?,16-/m0/s1. The fraction of sp³-hybridized carbons (Fsp3) is 0.611. The number of esters is 1. The molecule has 30 heavy (non-hydrogen) atoms. The van der Waals surface area contributed by atoms with Crippen LogP contribution in [0.3, 0.4) is 0 Å². The quantitative estimate of drug-likeness (QED) is 0.244. The number of nitrogens with zero attached hydrogens (tertiary/aromatic N) is 1. The number of amides is 3. The average molecular weight is 443 g/mol. The summed E-state index contributed by atoms with van der Waals surface area (Å²) in [6.07, 6.45) is 0.741. The van der Waals surface area contributed by atoms with Crippen molar-refractivity contribution >= 4 is 41.6 Å². The highest BCUT2D eigenvalue weighted by Crippen LogP contribution is 2.40. The Hall–Kier alpha value is -2.76. The molecule has 0 aliphatic carbocycles. The van der Waals surface area contributed by atoms with E-state index in [-0.39, 0.29) is 37.0 Å². The van der Waals surface area contributed by atoms with E-state index in [0.29, 0.717) is 25.0 Å². The zero-order valence-corrected chi connectivity index (χ0v) is 17.6. The van der Waals surface area contributed by atoms with Crippen LogP contribution in [0.2, 0.25) is 0 Å². The van der Waals surface area contributed by atoms with E-state index in [0.717, 1.165) is 4.90 Å². The number of nitrogens with one attached hydrogen (secondary N) is 2. The molecule has 0 aromatic carbocycles. The van der Waals surface area contributed by atoms with Crippen molar-refractivity contribution in [2.45, 2.75) is 44.5 Å². The molecular weight excluding hydrogens is 418 g/mol. The van der Waals surface area contributed by atoms with E-state index < -0.39 is 35.4 Å². The van der Waals surface area contributed by atoms with Gasteiger partial charge < -0.3 is 25.2 Å². The second-order valence-electron chi connectivity index (χ2n) is 6.60. The summed E-state index contributed by atoms with van der Waals surface area (Å²) in [7, 11) is 0. The molecule has 2 aliphatic rings. The predicted molar refractivity (Wildman–Crippen MR) is 105 cm³/mol. The van der Waals surface area contributed by atoms with Gasteiger partial charge in [-0.2, -0.15) is 0 Å². The Bertz CT molecular complexity index is 754. The Kier molecular flexibility index (Phi) is 8.51. The molecule has 0 aromatic heterocycles. The predicted octanol–water partition coefficient (Wildman–Crippen LogP) is 0.205. The van der Waals surface area contributed by atoms with E-state index in [9.17, 15) is 29.1 Å². The van der Waals surface area contributed by atoms with Gasteiger partial charge in [-0.1, -0.05) is 0 Å². The molecular formula is C18H25N3O8S. The van der Waals surface area contributed by atoms with Gasteiger partial charge in [-0.3, -0.25) is 19.3 Å². The van der Waals surface area contributed by atoms with Crippen molar-refractivity contribution in [1.82, 2.24) is 15.5 Å². The number of aliphatic carboxylic acids is 1. The highest BCUT2D eigenvalue weighted by atomic mass is 32.2. The number of carboxylic acids is 1. The zero-order valence-electron chi connectivity index (χ0n) is 16.8. The van der Waals surface area contributed by atoms with Gasteiger partial charge in [-0.15, -0.1) is 11.8 Å². The molecule has 0 saturated carbocycles. The summed E-state index contributed by atoms with van der Waals surface area (Å²) >= 11 is 1.30. The van der Waals surface area contributed by atoms with Gasteiger partial charge in [0.2, 0.25) is 5.91 Å². The minimum absolute atomic E-state index is 0.172. The Morgan fingerprint density at radius 1 is 1.23 bits per heavy atom. The maximum Gasteiger partial charge on any atom is 0.407 e. The third kappa shape index (κ3) is 5.88. The van der Waals surface area contributed by atoms with Crippen LogP contribution < -0.4 is 10.6 Å². The van der Waals surface area contributed by atoms with Crippen molar-refractivity contribution in [2.24, 2.45) is 0 Å². The summed E-state index contributed by atoms with van der Waals surface area (Å²) in [5.41, 5.74) is 0.145. The van der Waals surface area contributed by atoms with Crippen LogP contribution in [0.5, 0.6) is 0 Å². The molecule has 0 radical (unpaired) electrons. The number of thioether (sulfide) groups is 1. The Balaban J connectivity index is 1.83. The lowest BCUT2D eigenvalue weighted by molar-refractivity contribution is -0.151. The van der Waals surface area contributed by atoms with Crippen molar-refractivity contribution in [3.05, 3.63) is 11.3 Å². The van der Waals surface area contributed by atoms with Crippen LogP contribution >= 0.6 is 11.8 Å². The number of hydrogen-bond donors (Lipinski definition) is 3. The molecule has 2 aliphatic heterocycles. The average Bonchev–Trinajstić information content (AvgIpc) is 2.69. The fourth-order valence-electron chi connectivity index (χ4n) is 3.01. The van der Waals surface area contributed by atoms with E-state index in [4.69, 9.17) is 9.47 Å². The molecule has 2 rings (SSSR count). The van der Waals surface area contributed by atoms with Crippen LogP contribution in [-0.2, 0) is 28.7 Å². The van der Waals surface area contributed by atoms with Gasteiger partial charge >= 0.3 is 18.0 Å². The second-order valence-corrected chi connectivity index (χ2v) is 7.70. The topological polar surface area (TPSA) is 151 Å². The van der Waals surface area contributed by atoms with Crippen LogP contribution in [-0.4, -0.2) is 76.8 Å². The lowest BCUT2D eigenvalue weighted by Crippen LogP contribution is -2.70. The molecule has 3 amide bonds. The van der Waals surface area contributed by atoms with Gasteiger partial charge in [0.25, 0.3) is 5.91 Å². The minimum atomic E-state index is -1.28. The number of ether oxygens (including phenoxy) is 2. The first-order valence-corrected chi connectivity index (χ1v) is 10.5. The molecule has 1 unspecified atom stereocenters. The summed E-state index contributed by atoms with van der Waals surface area (Å²) < 4.78 is 9.60. The minimum Gasteiger partial charge on any atom is -0.477 e. The number of β-lactam (4-membered cyclic amide) rings is 1. The summed E-state index contributed by atoms with van der Waals surface area (Å²) in [6, 6.07) is -0.801. The second kappa shape index (κ2) is 10.9. The maximum absolute atomic E-state index is 12.5. The van der Waals surface area contributed by atoms with E-state index in [1.54, 1.807) is 6.92 Å². The highest BCUT2D eigenvalue weighted by molar-refractivity contribution is 8.00. The SMILES string of the molecule is CCOC(=O)NCCCCC(=O)NC1C(=O)N2C(C(=O)O)=C(COC(C)=O)CS[C@@H]12. The van der Waals surface area contributed by atoms with Gasteiger partial charge in [0.15, 0.2) is 0 Å². The molecule has 0 bridgehead atoms. The molecule has 0 spiro atoms. The molecule has 2 heterocycles. The van der Waals surface area contributed by atoms with E-state index in [1.165, 1.54) is 18.7 Å². The Morgan fingerprint density at radius 3 is 2.60 bits per heavy atom. The van der Waals surface area contributed by atoms with Crippen molar-refractivity contribution in [3.63, 3.8) is 0 Å². The fourth-order valence-corrected chi connectivity index (χ4v) is 4.34. The first kappa shape index (κ1) is 23.5. The van der Waals surface area contributed by atoms with E-state index in [2.05, 4.69) is 10.6 Å². The number of carbonyl (C=O) groups is 5. The summed E-state index contributed by atoms with van der Waals surface area (Å²) in [5, 5.41) is 14.2. The summed E-state index contributed by atoms with van der Waals surface area (Å²) in [4.78, 5) is 59.5. The van der Waals surface area contributed by atoms with Gasteiger partial charge in [0.1, 0.15) is 23.7 Å². The monoisotopic (exact) mass is 443 g/mol. The number of carboxylic acid groups (broad SMARTS) is 1. The van der Waals surface area contributed by atoms with E-state index >= 15 is 0 Å². The zero-order chi connectivity index (χ0) is 22.3. The number of carbonyl (C=O) groups excluding carboxylic acids is 4. The number of fused-ring (bicyclic) bond motifs is 1. The van der Waals surface area contributed by atoms with Crippen LogP contribution in [0, 0.1) is 0 Å². The van der Waals surface area contributed by atoms with Gasteiger partial charge in [-0.25, -0.2) is 9.59 Å². The normalized spacial score (nSPS) is 20.1. The number of hydrogen-bond acceptors (Lipinski definition) is 8. The van der Waals surface area contributed by atoms with Crippen molar-refractivity contribution in [3.8, 4) is 0 Å². The van der Waals surface area contributed by atoms with Crippen molar-refractivity contribution < 1.29 is 38.6 Å². The van der Waals surface area contributed by atoms with Crippen LogP contribution in [0.25, 0.3) is 0 Å². The molecule has 166 valence electrons. The molecule has 3 N–H and O–H groups in total. The highest BCUT2D eigenvalue weighted by Gasteiger charge is 2.54. The molecule has 1 saturated heterocycles. The molecule has 11 nitrogen and oxygen atoms in total. The van der Waals surface area contributed by atoms with Crippen molar-refractivity contribution in [2.75, 3.05) is 25.5 Å². The summed E-state index contributed by atoms with van der Waals surface area (Å²) in [5.74, 6) is -2.39. The first-order chi connectivity index (χ1) is 14.3. The molecule has 0 aromatic rings. The van der Waals surface area contributed by atoms with Crippen LogP contribution in [0.15, 0.2) is 11.3 Å². The Morgan fingerprint density at radius 2 is 1.97 bits per heavy atom. The molecule has 1 fully saturated rings. The first-order valence-electron chi connectivity index (χ1n) is 9.49. The molecule has 12 heteroatoms. The number of rotatable bonds is 10. The largest absolute Gasteiger partial charge is 0.477 e. The maximum atomic E-state index is 12.5. The van der Waals surface area contributed by atoms with Gasteiger partial charge in [-0.05, 0) is 19.8 Å². The third-order valence-corrected chi connectivity index (χ3v) is 5.73. The smallest absolute Gasteiger partial charge is 0.407 e. The van der Waals surface area contributed by atoms with Crippen molar-refractivity contribution in [1.29, 1.82) is 0 Å². The lowest BCUT2D eigenvalue weighted by Gasteiger charge is -2.49. The number of alkyl carbamates (subject to hydrolysis) is 1. The van der Waals surface area contributed by atoms with Crippen LogP contribution in [0.1, 0.15) is 33.1 Å². The Labute approximate surface area is 177 Å². The third-order valence-electron chi connectivity index (χ3n) is 4.39.